The fraction of sp³-hybridized carbons (Fsp3) is 0.714. The van der Waals surface area contributed by atoms with Crippen molar-refractivity contribution >= 4 is 11.9 Å². The van der Waals surface area contributed by atoms with Crippen molar-refractivity contribution in [2.75, 3.05) is 0 Å². The van der Waals surface area contributed by atoms with Gasteiger partial charge in [-0.25, -0.2) is 0 Å². The molecule has 0 N–H and O–H groups in total. The lowest BCUT2D eigenvalue weighted by molar-refractivity contribution is -0.152. The maximum absolute atomic E-state index is 11.3. The van der Waals surface area contributed by atoms with E-state index in [2.05, 4.69) is 18.2 Å². The molecule has 0 amide bonds. The Kier molecular flexibility index (Phi) is 5.95. The van der Waals surface area contributed by atoms with Crippen LogP contribution in [0.4, 0.5) is 0 Å². The molecular weight excluding hydrogens is 216 g/mol. The Labute approximate surface area is 103 Å². The molecule has 0 saturated carbocycles. The molecule has 0 aliphatic carbocycles. The SMILES string of the molecule is C=C(CCCCCCCC)C1CC(=O)OC1=O. The van der Waals surface area contributed by atoms with Gasteiger partial charge in [-0.1, -0.05) is 51.2 Å². The molecule has 0 aromatic rings. The van der Waals surface area contributed by atoms with E-state index < -0.39 is 11.9 Å². The summed E-state index contributed by atoms with van der Waals surface area (Å²) in [6, 6.07) is 0. The largest absolute Gasteiger partial charge is 0.393 e. The third-order valence-corrected chi connectivity index (χ3v) is 3.21. The highest BCUT2D eigenvalue weighted by Crippen LogP contribution is 2.26. The van der Waals surface area contributed by atoms with Gasteiger partial charge in [0, 0.05) is 0 Å². The van der Waals surface area contributed by atoms with Gasteiger partial charge in [0.05, 0.1) is 12.3 Å². The fourth-order valence-corrected chi connectivity index (χ4v) is 2.09. The van der Waals surface area contributed by atoms with Crippen LogP contribution in [0.1, 0.15) is 58.3 Å². The van der Waals surface area contributed by atoms with Gasteiger partial charge in [-0.15, -0.1) is 0 Å². The van der Waals surface area contributed by atoms with Crippen LogP contribution in [0.15, 0.2) is 12.2 Å². The second kappa shape index (κ2) is 7.25. The summed E-state index contributed by atoms with van der Waals surface area (Å²) in [7, 11) is 0. The lowest BCUT2D eigenvalue weighted by atomic mass is 9.94. The highest BCUT2D eigenvalue weighted by Gasteiger charge is 2.34. The van der Waals surface area contributed by atoms with Crippen molar-refractivity contribution < 1.29 is 14.3 Å². The van der Waals surface area contributed by atoms with E-state index in [1.54, 1.807) is 0 Å². The zero-order valence-electron chi connectivity index (χ0n) is 10.7. The van der Waals surface area contributed by atoms with Gasteiger partial charge in [-0.3, -0.25) is 9.59 Å². The molecule has 1 fully saturated rings. The molecule has 1 saturated heterocycles. The Morgan fingerprint density at radius 3 is 2.47 bits per heavy atom. The summed E-state index contributed by atoms with van der Waals surface area (Å²) < 4.78 is 4.52. The van der Waals surface area contributed by atoms with E-state index in [1.165, 1.54) is 32.1 Å². The van der Waals surface area contributed by atoms with Crippen molar-refractivity contribution in [3.63, 3.8) is 0 Å². The lowest BCUT2D eigenvalue weighted by Gasteiger charge is -2.08. The smallest absolute Gasteiger partial charge is 0.321 e. The minimum Gasteiger partial charge on any atom is -0.393 e. The maximum Gasteiger partial charge on any atom is 0.321 e. The average molecular weight is 238 g/mol. The van der Waals surface area contributed by atoms with E-state index in [1.807, 2.05) is 0 Å². The standard InChI is InChI=1S/C14H22O3/c1-3-4-5-6-7-8-9-11(2)12-10-13(15)17-14(12)16/h12H,2-10H2,1H3. The summed E-state index contributed by atoms with van der Waals surface area (Å²) in [5.41, 5.74) is 0.858. The average Bonchev–Trinajstić information content (AvgIpc) is 2.62. The van der Waals surface area contributed by atoms with Crippen molar-refractivity contribution in [2.24, 2.45) is 5.92 Å². The van der Waals surface area contributed by atoms with Gasteiger partial charge in [0.1, 0.15) is 0 Å². The number of cyclic esters (lactones) is 2. The number of unbranched alkanes of at least 4 members (excludes halogenated alkanes) is 5. The molecule has 0 aromatic carbocycles. The molecule has 0 bridgehead atoms. The monoisotopic (exact) mass is 238 g/mol. The predicted molar refractivity (Wildman–Crippen MR) is 66.3 cm³/mol. The second-order valence-corrected chi connectivity index (χ2v) is 4.73. The van der Waals surface area contributed by atoms with Crippen LogP contribution in [0, 0.1) is 5.92 Å². The Morgan fingerprint density at radius 1 is 1.24 bits per heavy atom. The van der Waals surface area contributed by atoms with Crippen LogP contribution in [0.5, 0.6) is 0 Å². The van der Waals surface area contributed by atoms with E-state index in [0.29, 0.717) is 0 Å². The van der Waals surface area contributed by atoms with Crippen LogP contribution in [-0.2, 0) is 14.3 Å². The number of hydrogen-bond acceptors (Lipinski definition) is 3. The minimum atomic E-state index is -0.413. The summed E-state index contributed by atoms with van der Waals surface area (Å²) in [5, 5.41) is 0. The van der Waals surface area contributed by atoms with Gasteiger partial charge in [-0.2, -0.15) is 0 Å². The topological polar surface area (TPSA) is 43.4 Å². The molecule has 1 unspecified atom stereocenters. The van der Waals surface area contributed by atoms with Crippen molar-refractivity contribution in [2.45, 2.75) is 58.3 Å². The third kappa shape index (κ3) is 4.72. The van der Waals surface area contributed by atoms with Gasteiger partial charge < -0.3 is 4.74 Å². The number of ether oxygens (including phenoxy) is 1. The molecule has 1 aliphatic rings. The number of carbonyl (C=O) groups excluding carboxylic acids is 2. The zero-order valence-corrected chi connectivity index (χ0v) is 10.7. The minimum absolute atomic E-state index is 0.188. The zero-order chi connectivity index (χ0) is 12.7. The second-order valence-electron chi connectivity index (χ2n) is 4.73. The molecule has 1 rings (SSSR count). The molecule has 17 heavy (non-hydrogen) atoms. The Bertz CT molecular complexity index is 294. The van der Waals surface area contributed by atoms with Crippen LogP contribution in [-0.4, -0.2) is 11.9 Å². The highest BCUT2D eigenvalue weighted by molar-refractivity contribution is 5.96. The molecule has 0 aromatic heterocycles. The van der Waals surface area contributed by atoms with E-state index in [-0.39, 0.29) is 12.3 Å². The quantitative estimate of drug-likeness (QED) is 0.282. The third-order valence-electron chi connectivity index (χ3n) is 3.21. The Hall–Kier alpha value is -1.12. The molecule has 1 atom stereocenters. The van der Waals surface area contributed by atoms with Gasteiger partial charge in [0.2, 0.25) is 0 Å². The van der Waals surface area contributed by atoms with E-state index in [0.717, 1.165) is 18.4 Å². The number of esters is 2. The summed E-state index contributed by atoms with van der Waals surface area (Å²) in [4.78, 5) is 22.2. The summed E-state index contributed by atoms with van der Waals surface area (Å²) >= 11 is 0. The van der Waals surface area contributed by atoms with Crippen LogP contribution >= 0.6 is 0 Å². The van der Waals surface area contributed by atoms with Gasteiger partial charge in [0.15, 0.2) is 0 Å². The van der Waals surface area contributed by atoms with Crippen molar-refractivity contribution in [1.29, 1.82) is 0 Å². The number of rotatable bonds is 8. The molecular formula is C14H22O3. The van der Waals surface area contributed by atoms with E-state index in [4.69, 9.17) is 0 Å². The van der Waals surface area contributed by atoms with Crippen LogP contribution in [0.3, 0.4) is 0 Å². The van der Waals surface area contributed by atoms with Crippen molar-refractivity contribution in [1.82, 2.24) is 0 Å². The Balaban J connectivity index is 2.13. The fourth-order valence-electron chi connectivity index (χ4n) is 2.09. The first-order valence-corrected chi connectivity index (χ1v) is 6.57. The van der Waals surface area contributed by atoms with E-state index in [9.17, 15) is 9.59 Å². The first-order chi connectivity index (χ1) is 8.15. The number of carbonyl (C=O) groups is 2. The Morgan fingerprint density at radius 2 is 1.88 bits per heavy atom. The molecule has 1 aliphatic heterocycles. The van der Waals surface area contributed by atoms with Crippen molar-refractivity contribution in [3.05, 3.63) is 12.2 Å². The molecule has 1 heterocycles. The number of hydrogen-bond donors (Lipinski definition) is 0. The maximum atomic E-state index is 11.3. The first-order valence-electron chi connectivity index (χ1n) is 6.57. The van der Waals surface area contributed by atoms with Gasteiger partial charge in [-0.05, 0) is 12.8 Å². The van der Waals surface area contributed by atoms with Crippen LogP contribution < -0.4 is 0 Å². The first kappa shape index (κ1) is 13.9. The molecule has 3 nitrogen and oxygen atoms in total. The summed E-state index contributed by atoms with van der Waals surface area (Å²) in [6.45, 7) is 6.10. The molecule has 0 spiro atoms. The molecule has 3 heteroatoms. The lowest BCUT2D eigenvalue weighted by Crippen LogP contribution is -2.09. The summed E-state index contributed by atoms with van der Waals surface area (Å²) in [5.74, 6) is -1.20. The summed E-state index contributed by atoms with van der Waals surface area (Å²) in [6.07, 6.45) is 8.33. The van der Waals surface area contributed by atoms with Crippen LogP contribution in [0.2, 0.25) is 0 Å². The van der Waals surface area contributed by atoms with Crippen LogP contribution in [0.25, 0.3) is 0 Å². The van der Waals surface area contributed by atoms with E-state index >= 15 is 0 Å². The molecule has 96 valence electrons. The van der Waals surface area contributed by atoms with Crippen molar-refractivity contribution in [3.8, 4) is 0 Å². The predicted octanol–water partition coefficient (Wildman–Crippen LogP) is 3.38. The highest BCUT2D eigenvalue weighted by atomic mass is 16.6. The van der Waals surface area contributed by atoms with Gasteiger partial charge in [0.25, 0.3) is 0 Å². The normalized spacial score (nSPS) is 19.5. The van der Waals surface area contributed by atoms with Gasteiger partial charge >= 0.3 is 11.9 Å². The molecule has 0 radical (unpaired) electrons.